The number of rotatable bonds is 5. The van der Waals surface area contributed by atoms with Gasteiger partial charge in [-0.15, -0.1) is 86.6 Å². The van der Waals surface area contributed by atoms with Crippen LogP contribution >= 0.6 is 17.0 Å². The molecule has 0 aliphatic rings. The van der Waals surface area contributed by atoms with Crippen LogP contribution in [-0.4, -0.2) is 0 Å². The first-order valence-corrected chi connectivity index (χ1v) is 18.6. The minimum absolute atomic E-state index is 0.0428. The van der Waals surface area contributed by atoms with Gasteiger partial charge in [-0.3, -0.25) is 0 Å². The van der Waals surface area contributed by atoms with Gasteiger partial charge in [0.05, 0.1) is 0 Å². The summed E-state index contributed by atoms with van der Waals surface area (Å²) in [6.45, 7) is 4.71. The number of fused-ring (bicyclic) bond motifs is 4. The van der Waals surface area contributed by atoms with E-state index < -0.39 is 20.8 Å². The molecule has 0 saturated carbocycles. The van der Waals surface area contributed by atoms with Gasteiger partial charge in [0.25, 0.3) is 0 Å². The second kappa shape index (κ2) is 11.1. The van der Waals surface area contributed by atoms with Crippen LogP contribution in [-0.2, 0) is 39.1 Å². The summed E-state index contributed by atoms with van der Waals surface area (Å²) in [5.74, 6) is 0. The number of aryl methyl sites for hydroxylation is 2. The van der Waals surface area contributed by atoms with Crippen LogP contribution in [0.2, 0.25) is 0 Å². The second-order valence-corrected chi connectivity index (χ2v) is 13.5. The first kappa shape index (κ1) is 25.5. The van der Waals surface area contributed by atoms with Gasteiger partial charge in [-0.25, -0.2) is 0 Å². The molecule has 0 atom stereocenters. The Morgan fingerprint density at radius 2 is 1.25 bits per heavy atom. The standard InChI is InChI=1S/C33H28.2ClH.Zr/c1-33(2,24-12-4-3-5-13-24)32-22-23(25-14-6-11-19-31(25)32)20-21-30-28-17-9-7-15-26(28)27-16-8-10-18-29(27)30;;;/h3-19,22H,20-21H2,1-2H3;2*1H;/q-2;;;+4/p-2. The molecule has 36 heavy (non-hydrogen) atoms. The summed E-state index contributed by atoms with van der Waals surface area (Å²) in [7, 11) is 9.87. The molecular formula is C33H28Cl2Zr. The maximum atomic E-state index is 4.93. The van der Waals surface area contributed by atoms with E-state index in [9.17, 15) is 0 Å². The minimum atomic E-state index is -0.826. The van der Waals surface area contributed by atoms with Crippen LogP contribution in [0.4, 0.5) is 0 Å². The zero-order valence-electron chi connectivity index (χ0n) is 20.6. The van der Waals surface area contributed by atoms with Crippen LogP contribution < -0.4 is 0 Å². The third-order valence-electron chi connectivity index (χ3n) is 7.49. The monoisotopic (exact) mass is 584 g/mol. The van der Waals surface area contributed by atoms with E-state index in [0.717, 1.165) is 12.8 Å². The van der Waals surface area contributed by atoms with Crippen molar-refractivity contribution in [3.8, 4) is 0 Å². The summed E-state index contributed by atoms with van der Waals surface area (Å²) in [4.78, 5) is 0. The fourth-order valence-corrected chi connectivity index (χ4v) is 5.70. The molecule has 0 spiro atoms. The third kappa shape index (κ3) is 4.75. The normalized spacial score (nSPS) is 11.4. The van der Waals surface area contributed by atoms with Crippen LogP contribution in [0, 0.1) is 0 Å². The van der Waals surface area contributed by atoms with Crippen LogP contribution in [0.15, 0.2) is 109 Å². The molecule has 0 nitrogen and oxygen atoms in total. The van der Waals surface area contributed by atoms with Crippen LogP contribution in [0.1, 0.15) is 36.1 Å². The van der Waals surface area contributed by atoms with Crippen LogP contribution in [0.5, 0.6) is 0 Å². The molecule has 178 valence electrons. The zero-order chi connectivity index (χ0) is 25.1. The average Bonchev–Trinajstić information content (AvgIpc) is 3.45. The van der Waals surface area contributed by atoms with E-state index in [1.165, 1.54) is 54.6 Å². The van der Waals surface area contributed by atoms with Crippen molar-refractivity contribution in [2.75, 3.05) is 0 Å². The Labute approximate surface area is 232 Å². The van der Waals surface area contributed by atoms with Crippen molar-refractivity contribution in [2.45, 2.75) is 32.1 Å². The van der Waals surface area contributed by atoms with E-state index in [4.69, 9.17) is 17.0 Å². The molecule has 3 heteroatoms. The van der Waals surface area contributed by atoms with Gasteiger partial charge in [0, 0.05) is 0 Å². The molecule has 0 amide bonds. The topological polar surface area (TPSA) is 0 Å². The summed E-state index contributed by atoms with van der Waals surface area (Å²) in [6.07, 6.45) is 2.09. The summed E-state index contributed by atoms with van der Waals surface area (Å²) in [5, 5.41) is 8.34. The summed E-state index contributed by atoms with van der Waals surface area (Å²) in [5.41, 5.74) is 5.69. The van der Waals surface area contributed by atoms with E-state index in [1.807, 2.05) is 0 Å². The van der Waals surface area contributed by atoms with Gasteiger partial charge in [-0.05, 0) is 17.4 Å². The summed E-state index contributed by atoms with van der Waals surface area (Å²) >= 11 is -0.826. The fraction of sp³-hybridized carbons (Fsp3) is 0.152. The van der Waals surface area contributed by atoms with Crippen molar-refractivity contribution in [2.24, 2.45) is 0 Å². The van der Waals surface area contributed by atoms with Gasteiger partial charge in [-0.1, -0.05) is 86.3 Å². The Morgan fingerprint density at radius 3 is 2.00 bits per heavy atom. The number of hydrogen-bond donors (Lipinski definition) is 0. The SMILES string of the molecule is CC(C)(c1ccccc1)[c-]1cc(CCc2c3ccccc3c3cccc[c-]23)c2ccccc21.[Cl][Zr+2][Cl]. The van der Waals surface area contributed by atoms with Crippen molar-refractivity contribution >= 4 is 49.3 Å². The molecule has 0 aromatic heterocycles. The van der Waals surface area contributed by atoms with E-state index >= 15 is 0 Å². The van der Waals surface area contributed by atoms with E-state index in [1.54, 1.807) is 0 Å². The first-order valence-electron chi connectivity index (χ1n) is 12.3. The van der Waals surface area contributed by atoms with Gasteiger partial charge >= 0.3 is 37.9 Å². The van der Waals surface area contributed by atoms with Crippen molar-refractivity contribution in [1.29, 1.82) is 0 Å². The predicted molar refractivity (Wildman–Crippen MR) is 154 cm³/mol. The molecule has 0 unspecified atom stereocenters. The molecule has 6 rings (SSSR count). The van der Waals surface area contributed by atoms with Gasteiger partial charge < -0.3 is 0 Å². The molecule has 0 radical (unpaired) electrons. The molecule has 6 aromatic carbocycles. The van der Waals surface area contributed by atoms with Crippen LogP contribution in [0.3, 0.4) is 0 Å². The van der Waals surface area contributed by atoms with Gasteiger partial charge in [0.15, 0.2) is 0 Å². The number of halogens is 2. The number of hydrogen-bond acceptors (Lipinski definition) is 0. The van der Waals surface area contributed by atoms with Gasteiger partial charge in [0.1, 0.15) is 0 Å². The summed E-state index contributed by atoms with van der Waals surface area (Å²) < 4.78 is 0. The molecule has 0 N–H and O–H groups in total. The fourth-order valence-electron chi connectivity index (χ4n) is 5.70. The quantitative estimate of drug-likeness (QED) is 0.176. The molecule has 0 bridgehead atoms. The van der Waals surface area contributed by atoms with E-state index in [2.05, 4.69) is 123 Å². The molecule has 0 heterocycles. The second-order valence-electron chi connectivity index (χ2n) is 9.76. The zero-order valence-corrected chi connectivity index (χ0v) is 24.5. The van der Waals surface area contributed by atoms with Crippen molar-refractivity contribution < 1.29 is 20.8 Å². The Balaban J connectivity index is 0.000000848. The van der Waals surface area contributed by atoms with E-state index in [0.29, 0.717) is 0 Å². The molecule has 6 aromatic rings. The first-order chi connectivity index (χ1) is 17.6. The Bertz CT molecular complexity index is 1550. The number of benzene rings is 4. The molecular weight excluding hydrogens is 558 g/mol. The Morgan fingerprint density at radius 1 is 0.667 bits per heavy atom. The molecule has 0 aliphatic heterocycles. The Kier molecular flexibility index (Phi) is 7.83. The van der Waals surface area contributed by atoms with E-state index in [-0.39, 0.29) is 5.41 Å². The van der Waals surface area contributed by atoms with Crippen molar-refractivity contribution in [3.05, 3.63) is 131 Å². The van der Waals surface area contributed by atoms with Crippen molar-refractivity contribution in [3.63, 3.8) is 0 Å². The summed E-state index contributed by atoms with van der Waals surface area (Å²) in [6, 6.07) is 40.1. The van der Waals surface area contributed by atoms with Gasteiger partial charge in [-0.2, -0.15) is 5.56 Å². The third-order valence-corrected chi connectivity index (χ3v) is 7.49. The maximum absolute atomic E-state index is 4.93. The van der Waals surface area contributed by atoms with Crippen molar-refractivity contribution in [1.82, 2.24) is 0 Å². The predicted octanol–water partition coefficient (Wildman–Crippen LogP) is 10.1. The molecule has 0 fully saturated rings. The van der Waals surface area contributed by atoms with Gasteiger partial charge in [0.2, 0.25) is 0 Å². The average molecular weight is 587 g/mol. The molecule has 0 aliphatic carbocycles. The molecule has 0 saturated heterocycles. The Hall–Kier alpha value is -2.18. The van der Waals surface area contributed by atoms with Crippen LogP contribution in [0.25, 0.3) is 32.3 Å².